The van der Waals surface area contributed by atoms with Crippen LogP contribution in [0.2, 0.25) is 0 Å². The van der Waals surface area contributed by atoms with E-state index in [1.165, 1.54) is 6.33 Å². The molecule has 7 nitrogen and oxygen atoms in total. The number of para-hydroxylation sites is 1. The van der Waals surface area contributed by atoms with Crippen molar-refractivity contribution in [3.8, 4) is 0 Å². The summed E-state index contributed by atoms with van der Waals surface area (Å²) in [5.74, 6) is 1.11. The van der Waals surface area contributed by atoms with Gasteiger partial charge in [-0.3, -0.25) is 4.79 Å². The highest BCUT2D eigenvalue weighted by Gasteiger charge is 2.26. The van der Waals surface area contributed by atoms with Crippen LogP contribution >= 0.6 is 0 Å². The van der Waals surface area contributed by atoms with Gasteiger partial charge < -0.3 is 15.0 Å². The largest absolute Gasteiger partial charge is 0.481 e. The van der Waals surface area contributed by atoms with E-state index in [0.29, 0.717) is 5.56 Å². The predicted molar refractivity (Wildman–Crippen MR) is 98.4 cm³/mol. The molecular formula is C19H21N5O2. The number of aryl methyl sites for hydroxylation is 1. The number of rotatable bonds is 4. The number of nitrogens with zero attached hydrogens (tertiary/aromatic N) is 4. The average molecular weight is 351 g/mol. The molecule has 1 aliphatic heterocycles. The Kier molecular flexibility index (Phi) is 4.28. The molecule has 4 rings (SSSR count). The van der Waals surface area contributed by atoms with Crippen molar-refractivity contribution in [2.75, 3.05) is 18.0 Å². The Morgan fingerprint density at radius 1 is 1.42 bits per heavy atom. The minimum absolute atomic E-state index is 0.0683. The molecule has 2 aromatic heterocycles. The van der Waals surface area contributed by atoms with Crippen LogP contribution < -0.4 is 4.90 Å². The summed E-state index contributed by atoms with van der Waals surface area (Å²) in [6.07, 6.45) is 5.08. The molecule has 3 heterocycles. The molecule has 1 saturated heterocycles. The van der Waals surface area contributed by atoms with Crippen LogP contribution in [0.25, 0.3) is 11.0 Å². The van der Waals surface area contributed by atoms with Gasteiger partial charge in [0, 0.05) is 30.8 Å². The minimum Gasteiger partial charge on any atom is -0.481 e. The number of carbonyl (C=O) groups is 1. The highest BCUT2D eigenvalue weighted by molar-refractivity contribution is 5.78. The smallest absolute Gasteiger partial charge is 0.308 e. The number of hydrogen-bond acceptors (Lipinski definition) is 5. The van der Waals surface area contributed by atoms with Gasteiger partial charge in [-0.25, -0.2) is 15.0 Å². The second-order valence-corrected chi connectivity index (χ2v) is 6.82. The Morgan fingerprint density at radius 3 is 3.12 bits per heavy atom. The van der Waals surface area contributed by atoms with Crippen molar-refractivity contribution in [1.82, 2.24) is 19.9 Å². The van der Waals surface area contributed by atoms with E-state index in [1.54, 1.807) is 6.20 Å². The Labute approximate surface area is 151 Å². The number of nitrogens with one attached hydrogen (secondary N) is 1. The fraction of sp³-hybridized carbons (Fsp3) is 0.368. The van der Waals surface area contributed by atoms with Gasteiger partial charge >= 0.3 is 5.97 Å². The lowest BCUT2D eigenvalue weighted by atomic mass is 9.97. The summed E-state index contributed by atoms with van der Waals surface area (Å²) in [6.45, 7) is 3.70. The summed E-state index contributed by atoms with van der Waals surface area (Å²) < 4.78 is 0. The summed E-state index contributed by atoms with van der Waals surface area (Å²) in [4.78, 5) is 29.9. The van der Waals surface area contributed by atoms with Crippen LogP contribution in [0.1, 0.15) is 35.7 Å². The number of aliphatic carboxylic acids is 1. The monoisotopic (exact) mass is 351 g/mol. The molecule has 0 saturated carbocycles. The van der Waals surface area contributed by atoms with Gasteiger partial charge in [-0.15, -0.1) is 0 Å². The van der Waals surface area contributed by atoms with E-state index in [9.17, 15) is 4.79 Å². The normalized spacial score (nSPS) is 17.6. The second kappa shape index (κ2) is 6.74. The summed E-state index contributed by atoms with van der Waals surface area (Å²) in [7, 11) is 0. The SMILES string of the molecule is Cc1cccc2[nH]c(C3CCCN(c4ncncc4CC(=O)O)C3)nc12. The topological polar surface area (TPSA) is 95.0 Å². The van der Waals surface area contributed by atoms with Crippen LogP contribution in [0.15, 0.2) is 30.7 Å². The number of aromatic nitrogens is 4. The first-order valence-corrected chi connectivity index (χ1v) is 8.82. The number of carboxylic acids is 1. The van der Waals surface area contributed by atoms with E-state index < -0.39 is 5.97 Å². The zero-order valence-corrected chi connectivity index (χ0v) is 14.6. The second-order valence-electron chi connectivity index (χ2n) is 6.82. The van der Waals surface area contributed by atoms with Crippen molar-refractivity contribution in [2.45, 2.75) is 32.1 Å². The third-order valence-electron chi connectivity index (χ3n) is 4.95. The summed E-state index contributed by atoms with van der Waals surface area (Å²) in [5.41, 5.74) is 3.90. The number of H-pyrrole nitrogens is 1. The highest BCUT2D eigenvalue weighted by Crippen LogP contribution is 2.30. The zero-order valence-electron chi connectivity index (χ0n) is 14.6. The Hall–Kier alpha value is -2.96. The lowest BCUT2D eigenvalue weighted by Gasteiger charge is -2.33. The molecule has 1 fully saturated rings. The van der Waals surface area contributed by atoms with E-state index in [4.69, 9.17) is 10.1 Å². The maximum Gasteiger partial charge on any atom is 0.308 e. The molecule has 1 aliphatic rings. The fourth-order valence-electron chi connectivity index (χ4n) is 3.71. The number of benzene rings is 1. The standard InChI is InChI=1S/C19H21N5O2/c1-12-4-2-6-15-17(12)23-18(22-15)13-5-3-7-24(10-13)19-14(8-16(25)26)9-20-11-21-19/h2,4,6,9,11,13H,3,5,7-8,10H2,1H3,(H,22,23)(H,25,26). The van der Waals surface area contributed by atoms with E-state index in [2.05, 4.69) is 38.9 Å². The molecule has 2 N–H and O–H groups in total. The summed E-state index contributed by atoms with van der Waals surface area (Å²) in [6, 6.07) is 6.15. The first-order chi connectivity index (χ1) is 12.6. The number of aromatic amines is 1. The van der Waals surface area contributed by atoms with E-state index in [1.807, 2.05) is 6.07 Å². The number of hydrogen-bond donors (Lipinski definition) is 2. The summed E-state index contributed by atoms with van der Waals surface area (Å²) >= 11 is 0. The van der Waals surface area contributed by atoms with Crippen molar-refractivity contribution >= 4 is 22.8 Å². The molecule has 1 atom stereocenters. The molecule has 0 bridgehead atoms. The van der Waals surface area contributed by atoms with Crippen LogP contribution in [0.3, 0.4) is 0 Å². The maximum absolute atomic E-state index is 11.1. The quantitative estimate of drug-likeness (QED) is 0.750. The van der Waals surface area contributed by atoms with Gasteiger partial charge in [0.05, 0.1) is 17.5 Å². The third-order valence-corrected chi connectivity index (χ3v) is 4.95. The Morgan fingerprint density at radius 2 is 2.31 bits per heavy atom. The lowest BCUT2D eigenvalue weighted by Crippen LogP contribution is -2.36. The van der Waals surface area contributed by atoms with Crippen molar-refractivity contribution < 1.29 is 9.90 Å². The highest BCUT2D eigenvalue weighted by atomic mass is 16.4. The number of fused-ring (bicyclic) bond motifs is 1. The Balaban J connectivity index is 1.61. The lowest BCUT2D eigenvalue weighted by molar-refractivity contribution is -0.136. The molecule has 134 valence electrons. The molecule has 0 radical (unpaired) electrons. The van der Waals surface area contributed by atoms with Crippen LogP contribution in [-0.2, 0) is 11.2 Å². The number of imidazole rings is 1. The number of carboxylic acid groups (broad SMARTS) is 1. The van der Waals surface area contributed by atoms with Gasteiger partial charge in [0.1, 0.15) is 18.0 Å². The molecule has 7 heteroatoms. The molecular weight excluding hydrogens is 330 g/mol. The van der Waals surface area contributed by atoms with E-state index >= 15 is 0 Å². The van der Waals surface area contributed by atoms with Crippen LogP contribution in [0, 0.1) is 6.92 Å². The van der Waals surface area contributed by atoms with Crippen LogP contribution in [0.4, 0.5) is 5.82 Å². The van der Waals surface area contributed by atoms with Crippen LogP contribution in [0.5, 0.6) is 0 Å². The third kappa shape index (κ3) is 3.12. The van der Waals surface area contributed by atoms with E-state index in [-0.39, 0.29) is 12.3 Å². The summed E-state index contributed by atoms with van der Waals surface area (Å²) in [5, 5.41) is 9.14. The van der Waals surface area contributed by atoms with Crippen molar-refractivity contribution in [1.29, 1.82) is 0 Å². The molecule has 26 heavy (non-hydrogen) atoms. The maximum atomic E-state index is 11.1. The molecule has 1 aromatic carbocycles. The predicted octanol–water partition coefficient (Wildman–Crippen LogP) is 2.67. The van der Waals surface area contributed by atoms with Crippen LogP contribution in [-0.4, -0.2) is 44.1 Å². The molecule has 0 aliphatic carbocycles. The van der Waals surface area contributed by atoms with Crippen molar-refractivity contribution in [2.24, 2.45) is 0 Å². The van der Waals surface area contributed by atoms with Crippen molar-refractivity contribution in [3.63, 3.8) is 0 Å². The van der Waals surface area contributed by atoms with Gasteiger partial charge in [0.2, 0.25) is 0 Å². The molecule has 1 unspecified atom stereocenters. The van der Waals surface area contributed by atoms with Gasteiger partial charge in [-0.05, 0) is 31.4 Å². The molecule has 0 amide bonds. The van der Waals surface area contributed by atoms with Crippen molar-refractivity contribution in [3.05, 3.63) is 47.7 Å². The molecule has 0 spiro atoms. The average Bonchev–Trinajstić information content (AvgIpc) is 3.08. The van der Waals surface area contributed by atoms with Gasteiger partial charge in [-0.1, -0.05) is 12.1 Å². The van der Waals surface area contributed by atoms with Gasteiger partial charge in [-0.2, -0.15) is 0 Å². The first-order valence-electron chi connectivity index (χ1n) is 8.82. The van der Waals surface area contributed by atoms with E-state index in [0.717, 1.165) is 54.2 Å². The molecule has 3 aromatic rings. The van der Waals surface area contributed by atoms with Gasteiger partial charge in [0.25, 0.3) is 0 Å². The fourth-order valence-corrected chi connectivity index (χ4v) is 3.71. The minimum atomic E-state index is -0.873. The number of piperidine rings is 1. The Bertz CT molecular complexity index is 952. The number of anilines is 1. The zero-order chi connectivity index (χ0) is 18.1. The van der Waals surface area contributed by atoms with Gasteiger partial charge in [0.15, 0.2) is 0 Å². The first kappa shape index (κ1) is 16.5.